The third-order valence-corrected chi connectivity index (χ3v) is 14.1. The van der Waals surface area contributed by atoms with Crippen molar-refractivity contribution in [2.75, 3.05) is 14.7 Å². The molecule has 0 amide bonds. The summed E-state index contributed by atoms with van der Waals surface area (Å²) in [5.41, 5.74) is 21.0. The van der Waals surface area contributed by atoms with Crippen molar-refractivity contribution in [1.29, 1.82) is 0 Å². The first-order valence-corrected chi connectivity index (χ1v) is 21.3. The van der Waals surface area contributed by atoms with Gasteiger partial charge in [-0.1, -0.05) is 109 Å². The molecule has 0 N–H and O–H groups in total. The van der Waals surface area contributed by atoms with E-state index in [2.05, 4.69) is 178 Å². The Balaban J connectivity index is 1.15. The van der Waals surface area contributed by atoms with Crippen molar-refractivity contribution in [3.8, 4) is 11.5 Å². The van der Waals surface area contributed by atoms with E-state index in [1.165, 1.54) is 38.5 Å². The van der Waals surface area contributed by atoms with Gasteiger partial charge in [0.2, 0.25) is 0 Å². The molecule has 9 aromatic carbocycles. The lowest BCUT2D eigenvalue weighted by molar-refractivity contribution is 0.489. The molecule has 284 valence electrons. The fraction of sp³-hybridized carbons (Fsp3) is 0. The van der Waals surface area contributed by atoms with Gasteiger partial charge >= 0.3 is 0 Å². The normalized spacial score (nSPS) is 14.4. The van der Waals surface area contributed by atoms with E-state index in [0.29, 0.717) is 0 Å². The maximum absolute atomic E-state index is 7.67. The molecule has 0 unspecified atom stereocenters. The second kappa shape index (κ2) is 11.0. The molecule has 7 heterocycles. The number of furan rings is 2. The Morgan fingerprint density at radius 2 is 0.774 bits per heavy atom. The minimum atomic E-state index is -0.114. The van der Waals surface area contributed by atoms with Gasteiger partial charge in [0.05, 0.1) is 22.1 Å². The topological polar surface area (TPSA) is 45.2 Å². The zero-order chi connectivity index (χ0) is 39.9. The Morgan fingerprint density at radius 1 is 0.339 bits per heavy atom. The quantitative estimate of drug-likeness (QED) is 0.163. The summed E-state index contributed by atoms with van der Waals surface area (Å²) in [4.78, 5) is 7.58. The summed E-state index contributed by atoms with van der Waals surface area (Å²) < 4.78 is 21.3. The van der Waals surface area contributed by atoms with E-state index in [1.807, 2.05) is 12.1 Å². The maximum atomic E-state index is 7.67. The van der Waals surface area contributed by atoms with Crippen LogP contribution in [0.4, 0.5) is 51.2 Å². The van der Waals surface area contributed by atoms with Crippen LogP contribution >= 0.6 is 0 Å². The molecule has 0 bridgehead atoms. The van der Waals surface area contributed by atoms with Crippen LogP contribution in [0.25, 0.3) is 43.9 Å². The summed E-state index contributed by atoms with van der Waals surface area (Å²) >= 11 is 0. The summed E-state index contributed by atoms with van der Waals surface area (Å²) in [6.45, 7) is -0.227. The van der Waals surface area contributed by atoms with Crippen LogP contribution in [0, 0.1) is 0 Å². The van der Waals surface area contributed by atoms with Gasteiger partial charge in [-0.2, -0.15) is 0 Å². The van der Waals surface area contributed by atoms with Crippen LogP contribution in [0.1, 0.15) is 0 Å². The number of fused-ring (bicyclic) bond motifs is 14. The fourth-order valence-electron chi connectivity index (χ4n) is 11.9. The molecule has 0 atom stereocenters. The van der Waals surface area contributed by atoms with Gasteiger partial charge in [0.1, 0.15) is 22.3 Å². The summed E-state index contributed by atoms with van der Waals surface area (Å²) in [7, 11) is 0. The number of hydrogen-bond acceptors (Lipinski definition) is 6. The number of ether oxygens (including phenoxy) is 1. The summed E-state index contributed by atoms with van der Waals surface area (Å²) in [6, 6.07) is 63.5. The standard InChI is InChI=1S/C54H29B2N3O3/c1-3-15-30(16-4-1)57-38-23-11-9-21-34(38)55-36-27-44-46(32-19-7-13-25-42(32)60-44)53-50(36)59-51-37(28-45-47(54(51)62-53)33-20-8-14-26-43(33)61-45)56-35-22-10-12-24-39(35)58(31-17-5-2-6-18-31)41-29-40(57)48(55)52(59)49(41)56/h1-29H. The Hall–Kier alpha value is -8.09. The average molecular weight is 789 g/mol. The molecule has 2 aromatic heterocycles. The summed E-state index contributed by atoms with van der Waals surface area (Å²) in [5, 5.41) is 4.04. The lowest BCUT2D eigenvalue weighted by Crippen LogP contribution is -2.69. The molecule has 5 aliphatic rings. The first kappa shape index (κ1) is 31.8. The molecule has 16 rings (SSSR count). The van der Waals surface area contributed by atoms with Crippen LogP contribution in [0.15, 0.2) is 185 Å². The largest absolute Gasteiger partial charge is 0.456 e. The Kier molecular flexibility index (Phi) is 5.63. The van der Waals surface area contributed by atoms with Crippen molar-refractivity contribution in [1.82, 2.24) is 0 Å². The molecule has 0 spiro atoms. The molecule has 11 aromatic rings. The van der Waals surface area contributed by atoms with Gasteiger partial charge in [0.15, 0.2) is 11.5 Å². The monoisotopic (exact) mass is 789 g/mol. The SMILES string of the molecule is c1ccc(N2c3ccccc3B3c4cc5oc6ccccc6c5c5c4N4c6c3c2cc2c6B(c3ccccc3N2c2ccccc2)c2cc3oc6ccccc6c3c(c24)O5)cc1. The molecular formula is C54H29B2N3O3. The number of nitrogens with zero attached hydrogens (tertiary/aromatic N) is 3. The predicted molar refractivity (Wildman–Crippen MR) is 254 cm³/mol. The molecule has 0 saturated heterocycles. The van der Waals surface area contributed by atoms with E-state index in [4.69, 9.17) is 13.6 Å². The Morgan fingerprint density at radius 3 is 1.27 bits per heavy atom. The van der Waals surface area contributed by atoms with Crippen LogP contribution in [-0.4, -0.2) is 13.4 Å². The van der Waals surface area contributed by atoms with Crippen LogP contribution in [0.2, 0.25) is 0 Å². The third kappa shape index (κ3) is 3.65. The highest BCUT2D eigenvalue weighted by atomic mass is 16.5. The number of hydrogen-bond donors (Lipinski definition) is 0. The third-order valence-electron chi connectivity index (χ3n) is 14.1. The summed E-state index contributed by atoms with van der Waals surface area (Å²) in [6.07, 6.45) is 0. The van der Waals surface area contributed by atoms with Gasteiger partial charge in [-0.05, 0) is 99.5 Å². The zero-order valence-corrected chi connectivity index (χ0v) is 33.0. The van der Waals surface area contributed by atoms with E-state index in [-0.39, 0.29) is 13.4 Å². The molecule has 0 radical (unpaired) electrons. The highest BCUT2D eigenvalue weighted by Crippen LogP contribution is 2.60. The molecule has 0 aliphatic carbocycles. The van der Waals surface area contributed by atoms with Gasteiger partial charge in [-0.25, -0.2) is 0 Å². The first-order valence-electron chi connectivity index (χ1n) is 21.3. The van der Waals surface area contributed by atoms with Crippen molar-refractivity contribution in [3.05, 3.63) is 176 Å². The van der Waals surface area contributed by atoms with Crippen LogP contribution < -0.4 is 52.2 Å². The molecular weight excluding hydrogens is 760 g/mol. The molecule has 0 fully saturated rings. The average Bonchev–Trinajstić information content (AvgIpc) is 3.90. The van der Waals surface area contributed by atoms with Crippen LogP contribution in [-0.2, 0) is 0 Å². The van der Waals surface area contributed by atoms with Gasteiger partial charge in [0, 0.05) is 50.6 Å². The summed E-state index contributed by atoms with van der Waals surface area (Å²) in [5.74, 6) is 1.64. The Bertz CT molecular complexity index is 3600. The minimum absolute atomic E-state index is 0.114. The highest BCUT2D eigenvalue weighted by molar-refractivity contribution is 7.05. The van der Waals surface area contributed by atoms with Crippen LogP contribution in [0.5, 0.6) is 11.5 Å². The van der Waals surface area contributed by atoms with Crippen molar-refractivity contribution in [3.63, 3.8) is 0 Å². The van der Waals surface area contributed by atoms with E-state index >= 15 is 0 Å². The molecule has 0 saturated carbocycles. The second-order valence-electron chi connectivity index (χ2n) is 17.1. The number of anilines is 9. The smallest absolute Gasteiger partial charge is 0.252 e. The minimum Gasteiger partial charge on any atom is -0.456 e. The van der Waals surface area contributed by atoms with Crippen molar-refractivity contribution < 1.29 is 13.6 Å². The number of rotatable bonds is 2. The van der Waals surface area contributed by atoms with Crippen molar-refractivity contribution in [2.45, 2.75) is 0 Å². The first-order chi connectivity index (χ1) is 30.8. The van der Waals surface area contributed by atoms with E-state index in [0.717, 1.165) is 101 Å². The van der Waals surface area contributed by atoms with Crippen molar-refractivity contribution in [2.24, 2.45) is 0 Å². The van der Waals surface area contributed by atoms with Gasteiger partial charge in [-0.3, -0.25) is 0 Å². The molecule has 8 heteroatoms. The van der Waals surface area contributed by atoms with Gasteiger partial charge in [-0.15, -0.1) is 0 Å². The number of benzene rings is 9. The Labute approximate surface area is 355 Å². The number of para-hydroxylation sites is 6. The highest BCUT2D eigenvalue weighted by Gasteiger charge is 2.55. The maximum Gasteiger partial charge on any atom is 0.252 e. The fourth-order valence-corrected chi connectivity index (χ4v) is 11.9. The van der Waals surface area contributed by atoms with E-state index < -0.39 is 0 Å². The predicted octanol–water partition coefficient (Wildman–Crippen LogP) is 10.3. The van der Waals surface area contributed by atoms with Crippen LogP contribution in [0.3, 0.4) is 0 Å². The molecule has 6 nitrogen and oxygen atoms in total. The van der Waals surface area contributed by atoms with Gasteiger partial charge < -0.3 is 28.3 Å². The van der Waals surface area contributed by atoms with E-state index in [1.54, 1.807) is 0 Å². The van der Waals surface area contributed by atoms with Crippen molar-refractivity contribution >= 4 is 141 Å². The zero-order valence-electron chi connectivity index (χ0n) is 33.0. The van der Waals surface area contributed by atoms with E-state index in [9.17, 15) is 0 Å². The molecule has 5 aliphatic heterocycles. The lowest BCUT2D eigenvalue weighted by Gasteiger charge is -2.52. The van der Waals surface area contributed by atoms with Gasteiger partial charge in [0.25, 0.3) is 13.4 Å². The lowest BCUT2D eigenvalue weighted by atomic mass is 9.28. The molecule has 62 heavy (non-hydrogen) atoms. The second-order valence-corrected chi connectivity index (χ2v) is 17.1.